The Labute approximate surface area is 124 Å². The summed E-state index contributed by atoms with van der Waals surface area (Å²) >= 11 is 5.13. The van der Waals surface area contributed by atoms with E-state index < -0.39 is 0 Å². The fourth-order valence-corrected chi connectivity index (χ4v) is 2.84. The van der Waals surface area contributed by atoms with Crippen molar-refractivity contribution in [1.29, 1.82) is 0 Å². The molecule has 1 aliphatic rings. The van der Waals surface area contributed by atoms with Gasteiger partial charge in [0.15, 0.2) is 0 Å². The van der Waals surface area contributed by atoms with E-state index in [1.54, 1.807) is 6.20 Å². The smallest absolute Gasteiger partial charge is 0.136 e. The Hall–Kier alpha value is -1.94. The summed E-state index contributed by atoms with van der Waals surface area (Å²) < 4.78 is 0. The molecule has 3 rings (SSSR count). The van der Waals surface area contributed by atoms with Crippen LogP contribution in [0.3, 0.4) is 0 Å². The maximum atomic E-state index is 5.81. The second-order valence-corrected chi connectivity index (χ2v) is 5.66. The molecule has 1 saturated carbocycles. The zero-order valence-electron chi connectivity index (χ0n) is 11.3. The highest BCUT2D eigenvalue weighted by Crippen LogP contribution is 2.42. The molecule has 20 heavy (non-hydrogen) atoms. The minimum atomic E-state index is 0.398. The molecule has 1 fully saturated rings. The minimum Gasteiger partial charge on any atom is -0.389 e. The number of nitrogens with zero attached hydrogens (tertiary/aromatic N) is 1. The highest BCUT2D eigenvalue weighted by atomic mass is 32.1. The molecule has 4 heteroatoms. The van der Waals surface area contributed by atoms with Crippen molar-refractivity contribution < 1.29 is 0 Å². The molecule has 0 amide bonds. The van der Waals surface area contributed by atoms with Gasteiger partial charge in [-0.2, -0.15) is 0 Å². The predicted molar refractivity (Wildman–Crippen MR) is 86.1 cm³/mol. The van der Waals surface area contributed by atoms with Crippen molar-refractivity contribution >= 4 is 23.0 Å². The van der Waals surface area contributed by atoms with Crippen molar-refractivity contribution in [1.82, 2.24) is 4.98 Å². The van der Waals surface area contributed by atoms with Crippen LogP contribution in [-0.2, 0) is 0 Å². The summed E-state index contributed by atoms with van der Waals surface area (Å²) in [5.74, 6) is 1.36. The van der Waals surface area contributed by atoms with Crippen molar-refractivity contribution in [2.24, 2.45) is 5.73 Å². The van der Waals surface area contributed by atoms with E-state index in [0.717, 1.165) is 23.4 Å². The average Bonchev–Trinajstić information content (AvgIpc) is 3.18. The molecule has 0 radical (unpaired) electrons. The maximum Gasteiger partial charge on any atom is 0.136 e. The molecule has 0 bridgehead atoms. The van der Waals surface area contributed by atoms with Crippen LogP contribution in [-0.4, -0.2) is 16.0 Å². The van der Waals surface area contributed by atoms with Gasteiger partial charge in [-0.1, -0.05) is 42.5 Å². The standard InChI is InChI=1S/C16H17N3S/c1-10-7-8-18-16(14(10)15(17)20)19-13-9-12(13)11-5-3-2-4-6-11/h2-8,12-13H,9H2,1H3,(H2,17,20)(H,18,19). The molecule has 1 aromatic carbocycles. The largest absolute Gasteiger partial charge is 0.389 e. The van der Waals surface area contributed by atoms with Crippen LogP contribution >= 0.6 is 12.2 Å². The van der Waals surface area contributed by atoms with Gasteiger partial charge in [-0.25, -0.2) is 4.98 Å². The summed E-state index contributed by atoms with van der Waals surface area (Å²) in [4.78, 5) is 4.79. The van der Waals surface area contributed by atoms with E-state index in [1.165, 1.54) is 5.56 Å². The number of hydrogen-bond acceptors (Lipinski definition) is 3. The highest BCUT2D eigenvalue weighted by Gasteiger charge is 2.38. The molecular formula is C16H17N3S. The molecule has 3 N–H and O–H groups in total. The molecule has 2 aromatic rings. The summed E-state index contributed by atoms with van der Waals surface area (Å²) in [6, 6.07) is 12.9. The Balaban J connectivity index is 1.78. The molecule has 3 nitrogen and oxygen atoms in total. The summed E-state index contributed by atoms with van der Waals surface area (Å²) in [5.41, 5.74) is 9.10. The van der Waals surface area contributed by atoms with E-state index in [2.05, 4.69) is 34.6 Å². The molecular weight excluding hydrogens is 266 g/mol. The summed E-state index contributed by atoms with van der Waals surface area (Å²) in [7, 11) is 0. The van der Waals surface area contributed by atoms with Gasteiger partial charge < -0.3 is 11.1 Å². The predicted octanol–water partition coefficient (Wildman–Crippen LogP) is 2.99. The number of benzene rings is 1. The molecule has 102 valence electrons. The second kappa shape index (κ2) is 5.21. The van der Waals surface area contributed by atoms with Crippen molar-refractivity contribution in [3.05, 3.63) is 59.3 Å². The van der Waals surface area contributed by atoms with E-state index in [-0.39, 0.29) is 0 Å². The third kappa shape index (κ3) is 2.51. The van der Waals surface area contributed by atoms with E-state index in [1.807, 2.05) is 19.1 Å². The van der Waals surface area contributed by atoms with Gasteiger partial charge in [0.1, 0.15) is 10.8 Å². The van der Waals surface area contributed by atoms with Crippen molar-refractivity contribution in [3.8, 4) is 0 Å². The first-order valence-corrected chi connectivity index (χ1v) is 7.14. The quantitative estimate of drug-likeness (QED) is 0.847. The molecule has 1 heterocycles. The van der Waals surface area contributed by atoms with Gasteiger partial charge in [-0.05, 0) is 30.5 Å². The van der Waals surface area contributed by atoms with Gasteiger partial charge in [0.25, 0.3) is 0 Å². The first-order chi connectivity index (χ1) is 9.66. The van der Waals surface area contributed by atoms with Crippen LogP contribution in [0, 0.1) is 6.92 Å². The van der Waals surface area contributed by atoms with Gasteiger partial charge in [0, 0.05) is 18.2 Å². The van der Waals surface area contributed by atoms with E-state index >= 15 is 0 Å². The number of rotatable bonds is 4. The molecule has 1 aromatic heterocycles. The zero-order valence-corrected chi connectivity index (χ0v) is 12.2. The van der Waals surface area contributed by atoms with Crippen LogP contribution < -0.4 is 11.1 Å². The summed E-state index contributed by atoms with van der Waals surface area (Å²) in [6.45, 7) is 2.00. The molecule has 0 aliphatic heterocycles. The van der Waals surface area contributed by atoms with Crippen molar-refractivity contribution in [3.63, 3.8) is 0 Å². The monoisotopic (exact) mass is 283 g/mol. The number of pyridine rings is 1. The number of hydrogen-bond donors (Lipinski definition) is 2. The van der Waals surface area contributed by atoms with Crippen LogP contribution in [0.15, 0.2) is 42.6 Å². The molecule has 1 aliphatic carbocycles. The van der Waals surface area contributed by atoms with Crippen LogP contribution in [0.25, 0.3) is 0 Å². The Kier molecular flexibility index (Phi) is 3.40. The number of anilines is 1. The number of aromatic nitrogens is 1. The molecule has 0 saturated heterocycles. The number of nitrogens with one attached hydrogen (secondary N) is 1. The normalized spacial score (nSPS) is 20.4. The molecule has 2 unspecified atom stereocenters. The van der Waals surface area contributed by atoms with Gasteiger partial charge in [-0.3, -0.25) is 0 Å². The zero-order chi connectivity index (χ0) is 14.1. The number of nitrogens with two attached hydrogens (primary N) is 1. The van der Waals surface area contributed by atoms with Crippen LogP contribution in [0.2, 0.25) is 0 Å². The first-order valence-electron chi connectivity index (χ1n) is 6.73. The minimum absolute atomic E-state index is 0.398. The van der Waals surface area contributed by atoms with Crippen LogP contribution in [0.4, 0.5) is 5.82 Å². The summed E-state index contributed by atoms with van der Waals surface area (Å²) in [5, 5.41) is 3.48. The SMILES string of the molecule is Cc1ccnc(NC2CC2c2ccccc2)c1C(N)=S. The van der Waals surface area contributed by atoms with Crippen molar-refractivity contribution in [2.45, 2.75) is 25.3 Å². The third-order valence-electron chi connectivity index (χ3n) is 3.75. The average molecular weight is 283 g/mol. The Morgan fingerprint density at radius 1 is 1.30 bits per heavy atom. The van der Waals surface area contributed by atoms with E-state index in [4.69, 9.17) is 18.0 Å². The van der Waals surface area contributed by atoms with Crippen molar-refractivity contribution in [2.75, 3.05) is 5.32 Å². The van der Waals surface area contributed by atoms with Gasteiger partial charge >= 0.3 is 0 Å². The third-order valence-corrected chi connectivity index (χ3v) is 3.95. The maximum absolute atomic E-state index is 5.81. The van der Waals surface area contributed by atoms with Gasteiger partial charge in [0.05, 0.1) is 5.56 Å². The van der Waals surface area contributed by atoms with E-state index in [9.17, 15) is 0 Å². The Morgan fingerprint density at radius 3 is 2.75 bits per heavy atom. The lowest BCUT2D eigenvalue weighted by atomic mass is 10.1. The van der Waals surface area contributed by atoms with Crippen LogP contribution in [0.1, 0.15) is 29.0 Å². The Bertz CT molecular complexity index is 639. The lowest BCUT2D eigenvalue weighted by Crippen LogP contribution is -2.17. The lowest BCUT2D eigenvalue weighted by Gasteiger charge is -2.12. The Morgan fingerprint density at radius 2 is 2.05 bits per heavy atom. The van der Waals surface area contributed by atoms with Gasteiger partial charge in [0.2, 0.25) is 0 Å². The molecule has 2 atom stereocenters. The lowest BCUT2D eigenvalue weighted by molar-refractivity contribution is 1.03. The number of aryl methyl sites for hydroxylation is 1. The fraction of sp³-hybridized carbons (Fsp3) is 0.250. The van der Waals surface area contributed by atoms with Crippen LogP contribution in [0.5, 0.6) is 0 Å². The second-order valence-electron chi connectivity index (χ2n) is 5.22. The topological polar surface area (TPSA) is 50.9 Å². The molecule has 0 spiro atoms. The fourth-order valence-electron chi connectivity index (χ4n) is 2.58. The van der Waals surface area contributed by atoms with Gasteiger partial charge in [-0.15, -0.1) is 0 Å². The number of thiocarbonyl (C=S) groups is 1. The summed E-state index contributed by atoms with van der Waals surface area (Å²) in [6.07, 6.45) is 2.91. The first kappa shape index (κ1) is 13.1. The van der Waals surface area contributed by atoms with E-state index in [0.29, 0.717) is 16.9 Å². The highest BCUT2D eigenvalue weighted by molar-refractivity contribution is 7.80.